The third-order valence-electron chi connectivity index (χ3n) is 1.90. The largest absolute Gasteiger partial charge is 0.468 e. The Kier molecular flexibility index (Phi) is 3.34. The highest BCUT2D eigenvalue weighted by molar-refractivity contribution is 5.75. The molecule has 4 nitrogen and oxygen atoms in total. The first kappa shape index (κ1) is 10.4. The molecule has 4 heteroatoms. The van der Waals surface area contributed by atoms with Crippen molar-refractivity contribution < 1.29 is 9.53 Å². The lowest BCUT2D eigenvalue weighted by atomic mass is 10.2. The van der Waals surface area contributed by atoms with E-state index in [1.54, 1.807) is 6.07 Å². The van der Waals surface area contributed by atoms with Crippen LogP contribution in [0, 0.1) is 6.92 Å². The number of carbonyl (C=O) groups is 1. The first-order chi connectivity index (χ1) is 6.63. The maximum atomic E-state index is 10.9. The number of nitrogen functional groups attached to an aromatic ring is 1. The van der Waals surface area contributed by atoms with Gasteiger partial charge in [0, 0.05) is 11.4 Å². The van der Waals surface area contributed by atoms with Crippen molar-refractivity contribution in [3.8, 4) is 0 Å². The van der Waals surface area contributed by atoms with Crippen LogP contribution in [0.5, 0.6) is 0 Å². The number of aryl methyl sites for hydroxylation is 1. The topological polar surface area (TPSA) is 64.3 Å². The summed E-state index contributed by atoms with van der Waals surface area (Å²) in [5.41, 5.74) is 8.21. The molecule has 76 valence electrons. The van der Waals surface area contributed by atoms with Crippen LogP contribution in [0.25, 0.3) is 0 Å². The van der Waals surface area contributed by atoms with Crippen LogP contribution in [-0.2, 0) is 9.53 Å². The summed E-state index contributed by atoms with van der Waals surface area (Å²) >= 11 is 0. The Bertz CT molecular complexity index is 337. The molecule has 0 aliphatic heterocycles. The lowest BCUT2D eigenvalue weighted by Crippen LogP contribution is -2.15. The van der Waals surface area contributed by atoms with Gasteiger partial charge in [0.2, 0.25) is 0 Å². The summed E-state index contributed by atoms with van der Waals surface area (Å²) in [6, 6.07) is 5.47. The normalized spacial score (nSPS) is 9.57. The number of anilines is 2. The molecule has 3 N–H and O–H groups in total. The minimum atomic E-state index is -0.291. The van der Waals surface area contributed by atoms with Gasteiger partial charge in [0.05, 0.1) is 7.11 Å². The van der Waals surface area contributed by atoms with Crippen LogP contribution < -0.4 is 11.1 Å². The van der Waals surface area contributed by atoms with Crippen LogP contribution in [0.3, 0.4) is 0 Å². The van der Waals surface area contributed by atoms with Gasteiger partial charge in [-0.05, 0) is 30.7 Å². The van der Waals surface area contributed by atoms with Crippen LogP contribution in [0.2, 0.25) is 0 Å². The minimum absolute atomic E-state index is 0.168. The molecule has 0 heterocycles. The van der Waals surface area contributed by atoms with Gasteiger partial charge < -0.3 is 15.8 Å². The second-order valence-electron chi connectivity index (χ2n) is 3.00. The van der Waals surface area contributed by atoms with E-state index in [0.29, 0.717) is 5.69 Å². The highest BCUT2D eigenvalue weighted by atomic mass is 16.5. The van der Waals surface area contributed by atoms with Gasteiger partial charge in [-0.25, -0.2) is 0 Å². The molecule has 0 aliphatic carbocycles. The number of benzene rings is 1. The van der Waals surface area contributed by atoms with Crippen molar-refractivity contribution >= 4 is 17.3 Å². The number of hydrogen-bond acceptors (Lipinski definition) is 4. The van der Waals surface area contributed by atoms with Crippen molar-refractivity contribution in [3.05, 3.63) is 23.8 Å². The van der Waals surface area contributed by atoms with Crippen molar-refractivity contribution in [1.82, 2.24) is 0 Å². The fourth-order valence-electron chi connectivity index (χ4n) is 1.12. The lowest BCUT2D eigenvalue weighted by molar-refractivity contribution is -0.138. The van der Waals surface area contributed by atoms with Gasteiger partial charge in [0.25, 0.3) is 0 Å². The monoisotopic (exact) mass is 194 g/mol. The van der Waals surface area contributed by atoms with Crippen LogP contribution in [0.1, 0.15) is 5.56 Å². The SMILES string of the molecule is COC(=O)CNc1ccc(N)cc1C. The van der Waals surface area contributed by atoms with E-state index in [0.717, 1.165) is 11.3 Å². The molecule has 0 aliphatic rings. The Morgan fingerprint density at radius 2 is 2.29 bits per heavy atom. The molecule has 0 saturated carbocycles. The van der Waals surface area contributed by atoms with E-state index in [-0.39, 0.29) is 12.5 Å². The van der Waals surface area contributed by atoms with Gasteiger partial charge in [0.15, 0.2) is 0 Å². The molecule has 0 unspecified atom stereocenters. The van der Waals surface area contributed by atoms with Gasteiger partial charge in [-0.15, -0.1) is 0 Å². The molecule has 0 saturated heterocycles. The molecular formula is C10H14N2O2. The average molecular weight is 194 g/mol. The maximum absolute atomic E-state index is 10.9. The van der Waals surface area contributed by atoms with E-state index in [1.807, 2.05) is 19.1 Å². The van der Waals surface area contributed by atoms with Crippen LogP contribution in [-0.4, -0.2) is 19.6 Å². The van der Waals surface area contributed by atoms with Crippen LogP contribution >= 0.6 is 0 Å². The molecule has 0 atom stereocenters. The molecule has 14 heavy (non-hydrogen) atoms. The highest BCUT2D eigenvalue weighted by Crippen LogP contribution is 2.16. The quantitative estimate of drug-likeness (QED) is 0.560. The summed E-state index contributed by atoms with van der Waals surface area (Å²) in [6.07, 6.45) is 0. The zero-order valence-electron chi connectivity index (χ0n) is 8.33. The Hall–Kier alpha value is -1.71. The molecule has 1 aromatic carbocycles. The predicted molar refractivity (Wildman–Crippen MR) is 56.1 cm³/mol. The Morgan fingerprint density at radius 3 is 2.86 bits per heavy atom. The van der Waals surface area contributed by atoms with Gasteiger partial charge in [-0.3, -0.25) is 4.79 Å². The van der Waals surface area contributed by atoms with E-state index in [1.165, 1.54) is 7.11 Å². The van der Waals surface area contributed by atoms with E-state index in [2.05, 4.69) is 10.1 Å². The van der Waals surface area contributed by atoms with E-state index in [4.69, 9.17) is 5.73 Å². The van der Waals surface area contributed by atoms with Crippen molar-refractivity contribution in [2.24, 2.45) is 0 Å². The number of rotatable bonds is 3. The molecule has 1 aromatic rings. The summed E-state index contributed by atoms with van der Waals surface area (Å²) in [5, 5.41) is 2.96. The Balaban J connectivity index is 2.63. The molecule has 1 rings (SSSR count). The predicted octanol–water partition coefficient (Wildman–Crippen LogP) is 1.16. The second-order valence-corrected chi connectivity index (χ2v) is 3.00. The number of carbonyl (C=O) groups excluding carboxylic acids is 1. The average Bonchev–Trinajstić information content (AvgIpc) is 2.16. The van der Waals surface area contributed by atoms with Gasteiger partial charge in [-0.1, -0.05) is 0 Å². The van der Waals surface area contributed by atoms with Crippen molar-refractivity contribution in [2.75, 3.05) is 24.7 Å². The van der Waals surface area contributed by atoms with Crippen molar-refractivity contribution in [1.29, 1.82) is 0 Å². The molecule has 0 bridgehead atoms. The summed E-state index contributed by atoms with van der Waals surface area (Å²) < 4.78 is 4.51. The highest BCUT2D eigenvalue weighted by Gasteiger charge is 2.01. The van der Waals surface area contributed by atoms with Crippen LogP contribution in [0.4, 0.5) is 11.4 Å². The fourth-order valence-corrected chi connectivity index (χ4v) is 1.12. The number of ether oxygens (including phenoxy) is 1. The van der Waals surface area contributed by atoms with E-state index < -0.39 is 0 Å². The van der Waals surface area contributed by atoms with Crippen molar-refractivity contribution in [3.63, 3.8) is 0 Å². The van der Waals surface area contributed by atoms with E-state index >= 15 is 0 Å². The molecule has 0 spiro atoms. The van der Waals surface area contributed by atoms with Gasteiger partial charge in [-0.2, -0.15) is 0 Å². The molecule has 0 radical (unpaired) electrons. The number of hydrogen-bond donors (Lipinski definition) is 2. The third kappa shape index (κ3) is 2.65. The second kappa shape index (κ2) is 4.50. The molecule has 0 fully saturated rings. The summed E-state index contributed by atoms with van der Waals surface area (Å²) in [6.45, 7) is 2.09. The molecular weight excluding hydrogens is 180 g/mol. The van der Waals surface area contributed by atoms with Crippen LogP contribution in [0.15, 0.2) is 18.2 Å². The first-order valence-electron chi connectivity index (χ1n) is 4.30. The maximum Gasteiger partial charge on any atom is 0.325 e. The third-order valence-corrected chi connectivity index (χ3v) is 1.90. The smallest absolute Gasteiger partial charge is 0.325 e. The van der Waals surface area contributed by atoms with E-state index in [9.17, 15) is 4.79 Å². The number of esters is 1. The fraction of sp³-hybridized carbons (Fsp3) is 0.300. The van der Waals surface area contributed by atoms with Crippen molar-refractivity contribution in [2.45, 2.75) is 6.92 Å². The zero-order valence-corrected chi connectivity index (χ0v) is 8.33. The molecule has 0 aromatic heterocycles. The number of nitrogens with two attached hydrogens (primary N) is 1. The summed E-state index contributed by atoms with van der Waals surface area (Å²) in [7, 11) is 1.36. The Labute approximate surface area is 83.1 Å². The summed E-state index contributed by atoms with van der Waals surface area (Å²) in [5.74, 6) is -0.291. The summed E-state index contributed by atoms with van der Waals surface area (Å²) in [4.78, 5) is 10.9. The first-order valence-corrected chi connectivity index (χ1v) is 4.30. The minimum Gasteiger partial charge on any atom is -0.468 e. The zero-order chi connectivity index (χ0) is 10.6. The molecule has 0 amide bonds. The Morgan fingerprint density at radius 1 is 1.57 bits per heavy atom. The lowest BCUT2D eigenvalue weighted by Gasteiger charge is -2.08. The number of nitrogens with one attached hydrogen (secondary N) is 1. The standard InChI is InChI=1S/C10H14N2O2/c1-7-5-8(11)3-4-9(7)12-6-10(13)14-2/h3-5,12H,6,11H2,1-2H3. The number of methoxy groups -OCH3 is 1. The van der Waals surface area contributed by atoms with Gasteiger partial charge in [0.1, 0.15) is 6.54 Å². The van der Waals surface area contributed by atoms with Gasteiger partial charge >= 0.3 is 5.97 Å².